The van der Waals surface area contributed by atoms with Gasteiger partial charge in [-0.15, -0.1) is 0 Å². The predicted molar refractivity (Wildman–Crippen MR) is 121 cm³/mol. The van der Waals surface area contributed by atoms with E-state index in [-0.39, 0.29) is 4.87 Å². The van der Waals surface area contributed by atoms with Crippen LogP contribution in [0.3, 0.4) is 0 Å². The number of imide groups is 1. The second kappa shape index (κ2) is 8.53. The number of likely N-dealkylation sites (tertiary alicyclic amines) is 1. The quantitative estimate of drug-likeness (QED) is 0.519. The number of aromatic amines is 1. The Balaban J connectivity index is 1.46. The summed E-state index contributed by atoms with van der Waals surface area (Å²) in [5.41, 5.74) is 1.79. The number of aliphatic carboxylic acids is 1. The smallest absolute Gasteiger partial charge is 0.323 e. The van der Waals surface area contributed by atoms with Crippen molar-refractivity contribution in [1.29, 1.82) is 0 Å². The van der Waals surface area contributed by atoms with Gasteiger partial charge in [0.15, 0.2) is 0 Å². The van der Waals surface area contributed by atoms with E-state index in [0.29, 0.717) is 22.3 Å². The number of benzene rings is 2. The first-order valence-corrected chi connectivity index (χ1v) is 11.9. The molecule has 168 valence electrons. The van der Waals surface area contributed by atoms with Crippen molar-refractivity contribution in [3.05, 3.63) is 80.3 Å². The van der Waals surface area contributed by atoms with Gasteiger partial charge in [0.1, 0.15) is 24.2 Å². The molecular formula is C23H18N2O6S2. The van der Waals surface area contributed by atoms with Gasteiger partial charge in [-0.1, -0.05) is 65.6 Å². The van der Waals surface area contributed by atoms with E-state index in [4.69, 9.17) is 9.84 Å². The maximum Gasteiger partial charge on any atom is 0.323 e. The van der Waals surface area contributed by atoms with Crippen LogP contribution in [0.4, 0.5) is 0 Å². The second-order valence-electron chi connectivity index (χ2n) is 7.75. The second-order valence-corrected chi connectivity index (χ2v) is 9.92. The van der Waals surface area contributed by atoms with Crippen molar-refractivity contribution in [3.63, 3.8) is 0 Å². The highest BCUT2D eigenvalue weighted by atomic mass is 32.2. The summed E-state index contributed by atoms with van der Waals surface area (Å²) in [5.74, 6) is -2.98. The van der Waals surface area contributed by atoms with Gasteiger partial charge in [-0.25, -0.2) is 0 Å². The molecule has 2 aliphatic rings. The Morgan fingerprint density at radius 2 is 1.76 bits per heavy atom. The molecular weight excluding hydrogens is 464 g/mol. The van der Waals surface area contributed by atoms with Crippen LogP contribution in [0.2, 0.25) is 0 Å². The molecule has 2 unspecified atom stereocenters. The van der Waals surface area contributed by atoms with E-state index in [0.717, 1.165) is 39.1 Å². The predicted octanol–water partition coefficient (Wildman–Crippen LogP) is 2.69. The number of fused-ring (bicyclic) bond motifs is 2. The van der Waals surface area contributed by atoms with Crippen molar-refractivity contribution in [3.8, 4) is 5.75 Å². The van der Waals surface area contributed by atoms with Crippen molar-refractivity contribution in [2.75, 3.05) is 6.54 Å². The number of carbonyl (C=O) groups is 3. The number of hydrogen-bond acceptors (Lipinski definition) is 7. The van der Waals surface area contributed by atoms with Crippen molar-refractivity contribution in [2.24, 2.45) is 5.92 Å². The Labute approximate surface area is 196 Å². The zero-order valence-corrected chi connectivity index (χ0v) is 18.7. The molecule has 5 rings (SSSR count). The lowest BCUT2D eigenvalue weighted by molar-refractivity contribution is -0.149. The molecule has 2 aromatic carbocycles. The molecule has 33 heavy (non-hydrogen) atoms. The van der Waals surface area contributed by atoms with E-state index in [1.54, 1.807) is 12.1 Å². The standard InChI is InChI=1S/C23H18N2O6S2/c26-15(27)10-25-21(28)17-16(18-20(24-23(30)33-18)32-19(17)22(25)29)13-6-8-14(9-7-13)31-11-12-4-2-1-3-5-12/h1-9,16-17,19H,10-11H2,(H,24,30)(H,26,27)/t16-,17?,19?/m1/s1. The molecule has 1 fully saturated rings. The molecule has 0 aliphatic carbocycles. The number of carbonyl (C=O) groups excluding carboxylic acids is 2. The molecule has 0 bridgehead atoms. The average Bonchev–Trinajstić information content (AvgIpc) is 3.29. The minimum atomic E-state index is -1.25. The molecule has 2 amide bonds. The highest BCUT2D eigenvalue weighted by molar-refractivity contribution is 8.00. The minimum Gasteiger partial charge on any atom is -0.489 e. The fraction of sp³-hybridized carbons (Fsp3) is 0.217. The van der Waals surface area contributed by atoms with Crippen LogP contribution in [0.1, 0.15) is 21.9 Å². The van der Waals surface area contributed by atoms with Gasteiger partial charge in [0.2, 0.25) is 11.8 Å². The van der Waals surface area contributed by atoms with Crippen molar-refractivity contribution < 1.29 is 24.2 Å². The number of thiazole rings is 1. The number of carboxylic acid groups (broad SMARTS) is 1. The first-order valence-electron chi connectivity index (χ1n) is 10.2. The molecule has 0 spiro atoms. The molecule has 0 saturated carbocycles. The van der Waals surface area contributed by atoms with Gasteiger partial charge in [-0.3, -0.25) is 24.1 Å². The topological polar surface area (TPSA) is 117 Å². The summed E-state index contributed by atoms with van der Waals surface area (Å²) in [6.45, 7) is -0.264. The van der Waals surface area contributed by atoms with Crippen LogP contribution in [0.15, 0.2) is 64.4 Å². The number of carboxylic acids is 1. The van der Waals surface area contributed by atoms with Crippen LogP contribution in [0, 0.1) is 5.92 Å². The number of thioether (sulfide) groups is 1. The lowest BCUT2D eigenvalue weighted by Gasteiger charge is -2.29. The van der Waals surface area contributed by atoms with Crippen molar-refractivity contribution in [1.82, 2.24) is 9.88 Å². The first kappa shape index (κ1) is 21.5. The fourth-order valence-electron chi connectivity index (χ4n) is 4.24. The van der Waals surface area contributed by atoms with E-state index < -0.39 is 41.4 Å². The lowest BCUT2D eigenvalue weighted by atomic mass is 9.83. The number of aromatic nitrogens is 1. The van der Waals surface area contributed by atoms with Crippen LogP contribution in [0.5, 0.6) is 5.75 Å². The zero-order valence-electron chi connectivity index (χ0n) is 17.1. The number of nitrogens with zero attached hydrogens (tertiary/aromatic N) is 1. The Morgan fingerprint density at radius 3 is 2.45 bits per heavy atom. The van der Waals surface area contributed by atoms with Gasteiger partial charge >= 0.3 is 10.8 Å². The Hall–Kier alpha value is -3.37. The summed E-state index contributed by atoms with van der Waals surface area (Å²) in [6, 6.07) is 17.0. The number of ether oxygens (including phenoxy) is 1. The zero-order chi connectivity index (χ0) is 23.1. The fourth-order valence-corrected chi connectivity index (χ4v) is 6.77. The Morgan fingerprint density at radius 1 is 1.03 bits per heavy atom. The van der Waals surface area contributed by atoms with Gasteiger partial charge in [-0.05, 0) is 23.3 Å². The van der Waals surface area contributed by atoms with E-state index in [9.17, 15) is 19.2 Å². The van der Waals surface area contributed by atoms with Crippen molar-refractivity contribution >= 4 is 40.9 Å². The Kier molecular flexibility index (Phi) is 5.55. The van der Waals surface area contributed by atoms with E-state index in [2.05, 4.69) is 4.98 Å². The monoisotopic (exact) mass is 482 g/mol. The van der Waals surface area contributed by atoms with Gasteiger partial charge < -0.3 is 14.8 Å². The van der Waals surface area contributed by atoms with Crippen LogP contribution in [0.25, 0.3) is 0 Å². The third kappa shape index (κ3) is 3.96. The maximum absolute atomic E-state index is 13.1. The molecule has 1 saturated heterocycles. The third-order valence-electron chi connectivity index (χ3n) is 5.70. The average molecular weight is 483 g/mol. The lowest BCUT2D eigenvalue weighted by Crippen LogP contribution is -2.36. The van der Waals surface area contributed by atoms with E-state index in [1.165, 1.54) is 0 Å². The van der Waals surface area contributed by atoms with Crippen LogP contribution in [-0.4, -0.2) is 44.6 Å². The molecule has 3 aromatic rings. The molecule has 10 heteroatoms. The number of H-pyrrole nitrogens is 1. The van der Waals surface area contributed by atoms with Gasteiger partial charge in [0.05, 0.1) is 10.9 Å². The van der Waals surface area contributed by atoms with Crippen LogP contribution < -0.4 is 9.61 Å². The summed E-state index contributed by atoms with van der Waals surface area (Å²) < 4.78 is 5.84. The van der Waals surface area contributed by atoms with Crippen LogP contribution in [-0.2, 0) is 21.0 Å². The van der Waals surface area contributed by atoms with Gasteiger partial charge in [0, 0.05) is 10.8 Å². The van der Waals surface area contributed by atoms with Crippen molar-refractivity contribution in [2.45, 2.75) is 22.8 Å². The summed E-state index contributed by atoms with van der Waals surface area (Å²) >= 11 is 2.13. The Bertz CT molecular complexity index is 1280. The normalized spacial score (nSPS) is 21.6. The molecule has 2 aliphatic heterocycles. The summed E-state index contributed by atoms with van der Waals surface area (Å²) in [4.78, 5) is 53.3. The minimum absolute atomic E-state index is 0.262. The summed E-state index contributed by atoms with van der Waals surface area (Å²) in [7, 11) is 0. The number of hydrogen-bond donors (Lipinski definition) is 2. The highest BCUT2D eigenvalue weighted by Crippen LogP contribution is 2.52. The molecule has 2 N–H and O–H groups in total. The van der Waals surface area contributed by atoms with Gasteiger partial charge in [0.25, 0.3) is 0 Å². The SMILES string of the molecule is O=C(O)CN1C(=O)C2Sc3[nH]c(=O)sc3[C@H](c3ccc(OCc4ccccc4)cc3)C2C1=O. The molecule has 1 aromatic heterocycles. The van der Waals surface area contributed by atoms with Gasteiger partial charge in [-0.2, -0.15) is 0 Å². The molecule has 3 heterocycles. The molecule has 8 nitrogen and oxygen atoms in total. The first-order chi connectivity index (χ1) is 15.9. The van der Waals surface area contributed by atoms with E-state index in [1.807, 2.05) is 42.5 Å². The third-order valence-corrected chi connectivity index (χ3v) is 8.10. The summed E-state index contributed by atoms with van der Waals surface area (Å²) in [5, 5.41) is 8.92. The number of amides is 2. The number of rotatable bonds is 6. The number of nitrogens with one attached hydrogen (secondary N) is 1. The highest BCUT2D eigenvalue weighted by Gasteiger charge is 2.56. The van der Waals surface area contributed by atoms with Crippen LogP contribution >= 0.6 is 23.1 Å². The molecule has 0 radical (unpaired) electrons. The summed E-state index contributed by atoms with van der Waals surface area (Å²) in [6.07, 6.45) is 0. The van der Waals surface area contributed by atoms with E-state index >= 15 is 0 Å². The maximum atomic E-state index is 13.1. The largest absolute Gasteiger partial charge is 0.489 e. The molecule has 3 atom stereocenters.